The molecule has 2 aliphatic rings. The van der Waals surface area contributed by atoms with Gasteiger partial charge in [-0.1, -0.05) is 31.2 Å². The summed E-state index contributed by atoms with van der Waals surface area (Å²) in [6.07, 6.45) is -0.312. The maximum Gasteiger partial charge on any atom is 0.339 e. The average molecular weight is 533 g/mol. The lowest BCUT2D eigenvalue weighted by Gasteiger charge is -2.30. The van der Waals surface area contributed by atoms with Gasteiger partial charge in [0.05, 0.1) is 38.2 Å². The summed E-state index contributed by atoms with van der Waals surface area (Å²) >= 11 is 0. The number of anilines is 2. The quantitative estimate of drug-likeness (QED) is 0.404. The third-order valence-electron chi connectivity index (χ3n) is 6.80. The number of carbonyl (C=O) groups excluding carboxylic acids is 2. The second-order valence-corrected chi connectivity index (χ2v) is 9.08. The molecule has 10 heteroatoms. The highest BCUT2D eigenvalue weighted by molar-refractivity contribution is 6.24. The van der Waals surface area contributed by atoms with Crippen LogP contribution < -0.4 is 24.2 Å². The molecular formula is C29H28N2O8. The summed E-state index contributed by atoms with van der Waals surface area (Å²) in [5.41, 5.74) is 1.02. The van der Waals surface area contributed by atoms with Crippen LogP contribution >= 0.6 is 0 Å². The zero-order valence-electron chi connectivity index (χ0n) is 21.7. The van der Waals surface area contributed by atoms with Crippen LogP contribution in [0.25, 0.3) is 0 Å². The van der Waals surface area contributed by atoms with E-state index < -0.39 is 35.8 Å². The zero-order chi connectivity index (χ0) is 27.7. The first kappa shape index (κ1) is 26.1. The van der Waals surface area contributed by atoms with Crippen molar-refractivity contribution >= 4 is 29.2 Å². The minimum Gasteiger partial charge on any atom is -0.494 e. The molecule has 1 N–H and O–H groups in total. The van der Waals surface area contributed by atoms with Gasteiger partial charge in [0.2, 0.25) is 5.91 Å². The number of amides is 2. The highest BCUT2D eigenvalue weighted by Crippen LogP contribution is 2.50. The minimum atomic E-state index is -1.27. The molecule has 3 aromatic carbocycles. The fourth-order valence-electron chi connectivity index (χ4n) is 5.10. The highest BCUT2D eigenvalue weighted by atomic mass is 16.7. The fraction of sp³-hybridized carbons (Fsp3) is 0.276. The van der Waals surface area contributed by atoms with Gasteiger partial charge in [-0.3, -0.25) is 14.4 Å². The molecule has 3 aromatic rings. The summed E-state index contributed by atoms with van der Waals surface area (Å²) in [6, 6.07) is 17.8. The Morgan fingerprint density at radius 1 is 0.923 bits per heavy atom. The number of aromatic carboxylic acids is 1. The van der Waals surface area contributed by atoms with Gasteiger partial charge in [0.25, 0.3) is 5.91 Å². The molecule has 39 heavy (non-hydrogen) atoms. The van der Waals surface area contributed by atoms with Gasteiger partial charge in [-0.25, -0.2) is 14.8 Å². The Hall–Kier alpha value is -4.57. The van der Waals surface area contributed by atoms with E-state index in [9.17, 15) is 19.5 Å². The van der Waals surface area contributed by atoms with Gasteiger partial charge >= 0.3 is 5.97 Å². The minimum absolute atomic E-state index is 0.00950. The molecular weight excluding hydrogens is 504 g/mol. The molecule has 0 bridgehead atoms. The molecule has 202 valence electrons. The standard InChI is InChI=1S/C29H28N2O8/c1-4-16-38-19-12-10-17(11-13-19)30-27(32)23-24(20-14-15-21(36-2)25(37-3)22(20)29(34)35)31(39-26(23)28(30)33)18-8-6-5-7-9-18/h5-15,23-24,26H,4,16H2,1-3H3,(H,34,35)/t23-,24-,26+/m0/s1. The van der Waals surface area contributed by atoms with E-state index in [-0.39, 0.29) is 22.6 Å². The van der Waals surface area contributed by atoms with E-state index in [4.69, 9.17) is 19.0 Å². The van der Waals surface area contributed by atoms with Gasteiger partial charge in [-0.05, 0) is 54.4 Å². The van der Waals surface area contributed by atoms with Crippen LogP contribution in [0.1, 0.15) is 35.3 Å². The molecule has 10 nitrogen and oxygen atoms in total. The number of rotatable bonds is 9. The molecule has 3 atom stereocenters. The van der Waals surface area contributed by atoms with E-state index in [1.807, 2.05) is 13.0 Å². The molecule has 0 aromatic heterocycles. The normalized spacial score (nSPS) is 20.2. The van der Waals surface area contributed by atoms with Crippen molar-refractivity contribution in [3.05, 3.63) is 77.9 Å². The molecule has 0 radical (unpaired) electrons. The molecule has 5 rings (SSSR count). The van der Waals surface area contributed by atoms with Crippen molar-refractivity contribution < 1.29 is 38.5 Å². The summed E-state index contributed by atoms with van der Waals surface area (Å²) in [5, 5.41) is 11.7. The van der Waals surface area contributed by atoms with E-state index in [0.29, 0.717) is 23.7 Å². The van der Waals surface area contributed by atoms with Crippen molar-refractivity contribution in [2.75, 3.05) is 30.8 Å². The Bertz CT molecular complexity index is 1390. The maximum absolute atomic E-state index is 13.9. The van der Waals surface area contributed by atoms with Gasteiger partial charge < -0.3 is 19.3 Å². The largest absolute Gasteiger partial charge is 0.494 e. The van der Waals surface area contributed by atoms with E-state index >= 15 is 0 Å². The molecule has 2 saturated heterocycles. The molecule has 2 amide bonds. The van der Waals surface area contributed by atoms with Crippen molar-refractivity contribution in [1.82, 2.24) is 0 Å². The van der Waals surface area contributed by atoms with E-state index in [1.165, 1.54) is 19.3 Å². The zero-order valence-corrected chi connectivity index (χ0v) is 21.7. The van der Waals surface area contributed by atoms with Crippen molar-refractivity contribution in [3.8, 4) is 17.2 Å². The first-order valence-corrected chi connectivity index (χ1v) is 12.5. The maximum atomic E-state index is 13.9. The number of carbonyl (C=O) groups is 3. The van der Waals surface area contributed by atoms with Gasteiger partial charge in [-0.2, -0.15) is 0 Å². The summed E-state index contributed by atoms with van der Waals surface area (Å²) < 4.78 is 16.4. The van der Waals surface area contributed by atoms with Crippen LogP contribution in [-0.2, 0) is 14.4 Å². The number of hydroxylamine groups is 1. The topological polar surface area (TPSA) is 115 Å². The van der Waals surface area contributed by atoms with Gasteiger partial charge in [0.1, 0.15) is 17.2 Å². The van der Waals surface area contributed by atoms with Crippen LogP contribution in [0.4, 0.5) is 11.4 Å². The number of carboxylic acids is 1. The lowest BCUT2D eigenvalue weighted by Crippen LogP contribution is -2.37. The molecule has 0 unspecified atom stereocenters. The summed E-state index contributed by atoms with van der Waals surface area (Å²) in [6.45, 7) is 2.55. The van der Waals surface area contributed by atoms with Crippen LogP contribution in [-0.4, -0.2) is 49.8 Å². The monoisotopic (exact) mass is 532 g/mol. The molecule has 2 heterocycles. The number of imide groups is 1. The Kier molecular flexibility index (Phi) is 7.12. The third kappa shape index (κ3) is 4.42. The first-order chi connectivity index (χ1) is 18.9. The van der Waals surface area contributed by atoms with E-state index in [1.54, 1.807) is 60.7 Å². The predicted octanol–water partition coefficient (Wildman–Crippen LogP) is 4.24. The Labute approximate surface area is 225 Å². The lowest BCUT2D eigenvalue weighted by molar-refractivity contribution is -0.126. The van der Waals surface area contributed by atoms with Crippen molar-refractivity contribution in [2.24, 2.45) is 5.92 Å². The Morgan fingerprint density at radius 2 is 1.64 bits per heavy atom. The number of benzene rings is 3. The number of hydrogen-bond acceptors (Lipinski definition) is 8. The van der Waals surface area contributed by atoms with Crippen LogP contribution in [0.5, 0.6) is 17.2 Å². The second kappa shape index (κ2) is 10.7. The molecule has 2 fully saturated rings. The third-order valence-corrected chi connectivity index (χ3v) is 6.80. The Balaban J connectivity index is 1.61. The number of methoxy groups -OCH3 is 2. The van der Waals surface area contributed by atoms with Gasteiger partial charge in [0.15, 0.2) is 17.6 Å². The Morgan fingerprint density at radius 3 is 2.26 bits per heavy atom. The van der Waals surface area contributed by atoms with Crippen LogP contribution in [0, 0.1) is 5.92 Å². The molecule has 2 aliphatic heterocycles. The average Bonchev–Trinajstić information content (AvgIpc) is 3.47. The smallest absolute Gasteiger partial charge is 0.339 e. The number of hydrogen-bond donors (Lipinski definition) is 1. The fourth-order valence-corrected chi connectivity index (χ4v) is 5.10. The van der Waals surface area contributed by atoms with E-state index in [0.717, 1.165) is 11.3 Å². The highest BCUT2D eigenvalue weighted by Gasteiger charge is 2.61. The van der Waals surface area contributed by atoms with Gasteiger partial charge in [-0.15, -0.1) is 0 Å². The SMILES string of the molecule is CCCOc1ccc(N2C(=O)[C@@H]3[C@@H](ON(c4ccccc4)[C@H]3c3ccc(OC)c(OC)c3C(=O)O)C2=O)cc1. The summed E-state index contributed by atoms with van der Waals surface area (Å²) in [7, 11) is 2.75. The predicted molar refractivity (Wildman–Crippen MR) is 141 cm³/mol. The summed E-state index contributed by atoms with van der Waals surface area (Å²) in [5.74, 6) is -2.47. The molecule has 0 aliphatic carbocycles. The number of nitrogens with zero attached hydrogens (tertiary/aromatic N) is 2. The van der Waals surface area contributed by atoms with Crippen molar-refractivity contribution in [3.63, 3.8) is 0 Å². The number of fused-ring (bicyclic) bond motifs is 1. The van der Waals surface area contributed by atoms with Crippen molar-refractivity contribution in [1.29, 1.82) is 0 Å². The number of ether oxygens (including phenoxy) is 3. The van der Waals surface area contributed by atoms with Crippen LogP contribution in [0.15, 0.2) is 66.7 Å². The van der Waals surface area contributed by atoms with Gasteiger partial charge in [0, 0.05) is 0 Å². The molecule has 0 saturated carbocycles. The first-order valence-electron chi connectivity index (χ1n) is 12.5. The number of carboxylic acid groups (broad SMARTS) is 1. The lowest BCUT2D eigenvalue weighted by atomic mass is 9.87. The second-order valence-electron chi connectivity index (χ2n) is 9.08. The number of para-hydroxylation sites is 1. The van der Waals surface area contributed by atoms with E-state index in [2.05, 4.69) is 0 Å². The van der Waals surface area contributed by atoms with Crippen LogP contribution in [0.2, 0.25) is 0 Å². The summed E-state index contributed by atoms with van der Waals surface area (Å²) in [4.78, 5) is 47.3. The van der Waals surface area contributed by atoms with Crippen molar-refractivity contribution in [2.45, 2.75) is 25.5 Å². The van der Waals surface area contributed by atoms with Crippen LogP contribution in [0.3, 0.4) is 0 Å². The molecule has 0 spiro atoms.